The van der Waals surface area contributed by atoms with Gasteiger partial charge < -0.3 is 9.84 Å². The highest BCUT2D eigenvalue weighted by atomic mass is 32.2. The number of carbonyl (C=O) groups excluding carboxylic acids is 1. The summed E-state index contributed by atoms with van der Waals surface area (Å²) in [4.78, 5) is 12.8. The van der Waals surface area contributed by atoms with Crippen LogP contribution in [0.4, 0.5) is 0 Å². The molecule has 1 aliphatic rings. The van der Waals surface area contributed by atoms with Crippen LogP contribution in [0.5, 0.6) is 5.75 Å². The van der Waals surface area contributed by atoms with Crippen LogP contribution in [-0.2, 0) is 4.74 Å². The first-order chi connectivity index (χ1) is 9.60. The van der Waals surface area contributed by atoms with Crippen molar-refractivity contribution in [1.29, 1.82) is 0 Å². The molecule has 1 aromatic rings. The minimum absolute atomic E-state index is 0.0119. The van der Waals surface area contributed by atoms with E-state index in [0.717, 1.165) is 16.0 Å². The predicted octanol–water partition coefficient (Wildman–Crippen LogP) is 3.81. The third-order valence-corrected chi connectivity index (χ3v) is 4.26. The van der Waals surface area contributed by atoms with Crippen LogP contribution in [0.3, 0.4) is 0 Å². The molecule has 0 radical (unpaired) electrons. The van der Waals surface area contributed by atoms with Crippen molar-refractivity contribution < 1.29 is 14.6 Å². The molecule has 106 valence electrons. The lowest BCUT2D eigenvalue weighted by Crippen LogP contribution is -2.09. The lowest BCUT2D eigenvalue weighted by Gasteiger charge is -2.18. The standard InChI is InChI=1S/C16H18O3S/c1-4-19-16(18)14-13(17)9-12(10(2)15(14)20-3)11-7-5-6-8-11/h5-9,11,17H,4H2,1-3H3. The van der Waals surface area contributed by atoms with Gasteiger partial charge in [0.2, 0.25) is 0 Å². The highest BCUT2D eigenvalue weighted by Gasteiger charge is 2.23. The third-order valence-electron chi connectivity index (χ3n) is 3.34. The van der Waals surface area contributed by atoms with Crippen molar-refractivity contribution in [3.8, 4) is 5.75 Å². The average molecular weight is 290 g/mol. The van der Waals surface area contributed by atoms with Crippen molar-refractivity contribution in [1.82, 2.24) is 0 Å². The number of phenols is 1. The Balaban J connectivity index is 2.55. The number of allylic oxidation sites excluding steroid dienone is 4. The Morgan fingerprint density at radius 3 is 2.60 bits per heavy atom. The molecule has 1 aliphatic carbocycles. The van der Waals surface area contributed by atoms with Gasteiger partial charge in [-0.05, 0) is 37.3 Å². The zero-order valence-electron chi connectivity index (χ0n) is 11.8. The summed E-state index contributed by atoms with van der Waals surface area (Å²) in [5.41, 5.74) is 2.30. The molecule has 0 aromatic heterocycles. The zero-order valence-corrected chi connectivity index (χ0v) is 12.7. The summed E-state index contributed by atoms with van der Waals surface area (Å²) in [5, 5.41) is 10.2. The summed E-state index contributed by atoms with van der Waals surface area (Å²) in [6.07, 6.45) is 10.00. The van der Waals surface area contributed by atoms with Crippen LogP contribution in [0.15, 0.2) is 35.3 Å². The summed E-state index contributed by atoms with van der Waals surface area (Å²) >= 11 is 1.45. The highest BCUT2D eigenvalue weighted by molar-refractivity contribution is 7.98. The van der Waals surface area contributed by atoms with Crippen molar-refractivity contribution in [3.05, 3.63) is 47.1 Å². The van der Waals surface area contributed by atoms with E-state index in [1.807, 2.05) is 25.3 Å². The Morgan fingerprint density at radius 2 is 2.05 bits per heavy atom. The van der Waals surface area contributed by atoms with E-state index in [4.69, 9.17) is 4.74 Å². The van der Waals surface area contributed by atoms with Crippen LogP contribution in [0.2, 0.25) is 0 Å². The van der Waals surface area contributed by atoms with E-state index in [2.05, 4.69) is 12.2 Å². The summed E-state index contributed by atoms with van der Waals surface area (Å²) in [6.45, 7) is 4.02. The first kappa shape index (κ1) is 14.7. The predicted molar refractivity (Wildman–Crippen MR) is 81.6 cm³/mol. The van der Waals surface area contributed by atoms with Crippen molar-refractivity contribution in [3.63, 3.8) is 0 Å². The minimum atomic E-state index is -0.471. The molecule has 0 unspecified atom stereocenters. The molecule has 3 nitrogen and oxygen atoms in total. The van der Waals surface area contributed by atoms with Gasteiger partial charge in [-0.15, -0.1) is 11.8 Å². The Hall–Kier alpha value is -1.68. The minimum Gasteiger partial charge on any atom is -0.507 e. The van der Waals surface area contributed by atoms with Gasteiger partial charge in [0.25, 0.3) is 0 Å². The zero-order chi connectivity index (χ0) is 14.7. The van der Waals surface area contributed by atoms with Crippen molar-refractivity contribution in [2.75, 3.05) is 12.9 Å². The van der Waals surface area contributed by atoms with Gasteiger partial charge in [-0.3, -0.25) is 0 Å². The molecule has 20 heavy (non-hydrogen) atoms. The fraction of sp³-hybridized carbons (Fsp3) is 0.312. The number of aromatic hydroxyl groups is 1. The maximum atomic E-state index is 12.0. The molecule has 0 bridgehead atoms. The van der Waals surface area contributed by atoms with E-state index < -0.39 is 5.97 Å². The molecule has 0 amide bonds. The Labute approximate surface area is 123 Å². The van der Waals surface area contributed by atoms with Crippen LogP contribution in [-0.4, -0.2) is 23.9 Å². The summed E-state index contributed by atoms with van der Waals surface area (Å²) < 4.78 is 5.03. The first-order valence-electron chi connectivity index (χ1n) is 6.52. The van der Waals surface area contributed by atoms with Crippen molar-refractivity contribution in [2.45, 2.75) is 24.7 Å². The van der Waals surface area contributed by atoms with E-state index in [1.165, 1.54) is 11.8 Å². The van der Waals surface area contributed by atoms with E-state index in [-0.39, 0.29) is 17.2 Å². The second-order valence-electron chi connectivity index (χ2n) is 4.53. The molecule has 0 spiro atoms. The van der Waals surface area contributed by atoms with Gasteiger partial charge in [0.15, 0.2) is 0 Å². The van der Waals surface area contributed by atoms with Crippen LogP contribution < -0.4 is 0 Å². The fourth-order valence-electron chi connectivity index (χ4n) is 2.40. The highest BCUT2D eigenvalue weighted by Crippen LogP contribution is 2.38. The van der Waals surface area contributed by atoms with Gasteiger partial charge in [0, 0.05) is 10.8 Å². The van der Waals surface area contributed by atoms with E-state index in [9.17, 15) is 9.90 Å². The molecule has 2 rings (SSSR count). The number of benzene rings is 1. The van der Waals surface area contributed by atoms with Crippen LogP contribution in [0.25, 0.3) is 0 Å². The number of esters is 1. The monoisotopic (exact) mass is 290 g/mol. The second kappa shape index (κ2) is 6.18. The number of carbonyl (C=O) groups is 1. The van der Waals surface area contributed by atoms with Gasteiger partial charge in [0.05, 0.1) is 6.61 Å². The smallest absolute Gasteiger partial charge is 0.343 e. The number of phenolic OH excluding ortho intramolecular Hbond substituents is 1. The first-order valence-corrected chi connectivity index (χ1v) is 7.75. The summed E-state index contributed by atoms with van der Waals surface area (Å²) in [6, 6.07) is 1.67. The molecule has 0 saturated heterocycles. The Kier molecular flexibility index (Phi) is 4.55. The van der Waals surface area contributed by atoms with Gasteiger partial charge in [-0.25, -0.2) is 4.79 Å². The maximum Gasteiger partial charge on any atom is 0.343 e. The van der Waals surface area contributed by atoms with Crippen LogP contribution in [0, 0.1) is 6.92 Å². The Morgan fingerprint density at radius 1 is 1.40 bits per heavy atom. The molecule has 1 aromatic carbocycles. The quantitative estimate of drug-likeness (QED) is 0.676. The van der Waals surface area contributed by atoms with Gasteiger partial charge in [-0.1, -0.05) is 24.3 Å². The van der Waals surface area contributed by atoms with E-state index in [1.54, 1.807) is 13.0 Å². The number of hydrogen-bond acceptors (Lipinski definition) is 4. The number of hydrogen-bond donors (Lipinski definition) is 1. The molecule has 4 heteroatoms. The summed E-state index contributed by atoms with van der Waals surface area (Å²) in [7, 11) is 0. The van der Waals surface area contributed by atoms with Crippen molar-refractivity contribution in [2.24, 2.45) is 0 Å². The fourth-order valence-corrected chi connectivity index (χ4v) is 3.22. The largest absolute Gasteiger partial charge is 0.507 e. The van der Waals surface area contributed by atoms with E-state index >= 15 is 0 Å². The van der Waals surface area contributed by atoms with E-state index in [0.29, 0.717) is 6.61 Å². The van der Waals surface area contributed by atoms with Gasteiger partial charge in [0.1, 0.15) is 11.3 Å². The second-order valence-corrected chi connectivity index (χ2v) is 5.35. The molecule has 1 N–H and O–H groups in total. The third kappa shape index (κ3) is 2.61. The van der Waals surface area contributed by atoms with Gasteiger partial charge >= 0.3 is 5.97 Å². The van der Waals surface area contributed by atoms with Crippen molar-refractivity contribution >= 4 is 17.7 Å². The Bertz CT molecular complexity index is 576. The number of rotatable bonds is 4. The normalized spacial score (nSPS) is 13.9. The van der Waals surface area contributed by atoms with Crippen LogP contribution in [0.1, 0.15) is 34.3 Å². The van der Waals surface area contributed by atoms with Gasteiger partial charge in [-0.2, -0.15) is 0 Å². The SMILES string of the molecule is CCOC(=O)c1c(O)cc(C2C=CC=C2)c(C)c1SC. The molecule has 0 aliphatic heterocycles. The molecule has 0 fully saturated rings. The number of ether oxygens (including phenoxy) is 1. The molecular weight excluding hydrogens is 272 g/mol. The average Bonchev–Trinajstić information content (AvgIpc) is 2.94. The molecule has 0 saturated carbocycles. The maximum absolute atomic E-state index is 12.0. The molecule has 0 atom stereocenters. The number of thioether (sulfide) groups is 1. The lowest BCUT2D eigenvalue weighted by atomic mass is 9.93. The molecular formula is C16H18O3S. The summed E-state index contributed by atoms with van der Waals surface area (Å²) in [5.74, 6) is -0.327. The molecule has 0 heterocycles. The lowest BCUT2D eigenvalue weighted by molar-refractivity contribution is 0.0518. The van der Waals surface area contributed by atoms with Crippen LogP contribution >= 0.6 is 11.8 Å². The topological polar surface area (TPSA) is 46.5 Å².